The van der Waals surface area contributed by atoms with Gasteiger partial charge in [-0.05, 0) is 24.6 Å². The van der Waals surface area contributed by atoms with Gasteiger partial charge in [0.1, 0.15) is 0 Å². The topological polar surface area (TPSA) is 20.3 Å². The van der Waals surface area contributed by atoms with Crippen molar-refractivity contribution in [2.45, 2.75) is 23.6 Å². The van der Waals surface area contributed by atoms with Crippen LogP contribution in [0.1, 0.15) is 12.5 Å². The quantitative estimate of drug-likeness (QED) is 0.289. The molecule has 116 valence electrons. The van der Waals surface area contributed by atoms with Gasteiger partial charge < -0.3 is 4.90 Å². The van der Waals surface area contributed by atoms with Gasteiger partial charge in [-0.25, -0.2) is 0 Å². The van der Waals surface area contributed by atoms with Crippen LogP contribution in [0, 0.1) is 0 Å². The maximum atomic E-state index is 12.6. The molecule has 0 aliphatic rings. The van der Waals surface area contributed by atoms with Crippen LogP contribution in [0.25, 0.3) is 0 Å². The normalized spacial score (nSPS) is 13.4. The standard InChI is InChI=1S/C14H14ClF3INO/c1-2-3-8-20(13(21)14(16,17)18)12(19)9-10-4-6-11(15)7-5-10/h2-7,12H,8-9H2,1H3/b3-2+. The second-order valence-corrected chi connectivity index (χ2v) is 6.16. The lowest BCUT2D eigenvalue weighted by atomic mass is 10.1. The molecule has 0 saturated carbocycles. The second kappa shape index (κ2) is 8.03. The zero-order valence-corrected chi connectivity index (χ0v) is 14.1. The fourth-order valence-electron chi connectivity index (χ4n) is 1.63. The van der Waals surface area contributed by atoms with Crippen LogP contribution in [0.3, 0.4) is 0 Å². The van der Waals surface area contributed by atoms with Crippen LogP contribution < -0.4 is 0 Å². The highest BCUT2D eigenvalue weighted by atomic mass is 127. The minimum Gasteiger partial charge on any atom is -0.319 e. The minimum absolute atomic E-state index is 0.0734. The van der Waals surface area contributed by atoms with Crippen molar-refractivity contribution in [3.05, 3.63) is 47.0 Å². The fourth-order valence-corrected chi connectivity index (χ4v) is 2.75. The Balaban J connectivity index is 2.86. The Labute approximate surface area is 140 Å². The maximum Gasteiger partial charge on any atom is 0.471 e. The predicted octanol–water partition coefficient (Wildman–Crippen LogP) is 4.61. The van der Waals surface area contributed by atoms with Crippen molar-refractivity contribution in [1.29, 1.82) is 0 Å². The molecule has 1 amide bonds. The van der Waals surface area contributed by atoms with E-state index in [1.165, 1.54) is 6.08 Å². The van der Waals surface area contributed by atoms with E-state index in [0.717, 1.165) is 10.5 Å². The van der Waals surface area contributed by atoms with Gasteiger partial charge in [0.05, 0.1) is 4.05 Å². The number of hydrogen-bond acceptors (Lipinski definition) is 1. The highest BCUT2D eigenvalue weighted by Gasteiger charge is 2.43. The molecule has 0 aliphatic carbocycles. The van der Waals surface area contributed by atoms with Crippen molar-refractivity contribution in [3.8, 4) is 0 Å². The summed E-state index contributed by atoms with van der Waals surface area (Å²) in [6.45, 7) is 1.62. The van der Waals surface area contributed by atoms with Crippen molar-refractivity contribution in [3.63, 3.8) is 0 Å². The Morgan fingerprint density at radius 3 is 2.43 bits per heavy atom. The molecule has 1 unspecified atom stereocenters. The largest absolute Gasteiger partial charge is 0.471 e. The summed E-state index contributed by atoms with van der Waals surface area (Å²) >= 11 is 7.61. The molecule has 0 aromatic heterocycles. The molecule has 0 saturated heterocycles. The van der Waals surface area contributed by atoms with Gasteiger partial charge in [-0.3, -0.25) is 4.79 Å². The number of hydrogen-bond donors (Lipinski definition) is 0. The number of allylic oxidation sites excluding steroid dienone is 1. The number of halogens is 5. The van der Waals surface area contributed by atoms with Gasteiger partial charge >= 0.3 is 12.1 Å². The summed E-state index contributed by atoms with van der Waals surface area (Å²) in [5, 5.41) is 0.556. The first-order valence-corrected chi connectivity index (χ1v) is 7.75. The summed E-state index contributed by atoms with van der Waals surface area (Å²) in [7, 11) is 0. The van der Waals surface area contributed by atoms with Crippen LogP contribution in [0.15, 0.2) is 36.4 Å². The fraction of sp³-hybridized carbons (Fsp3) is 0.357. The lowest BCUT2D eigenvalue weighted by Crippen LogP contribution is -2.45. The third-order valence-corrected chi connectivity index (χ3v) is 4.06. The first-order valence-electron chi connectivity index (χ1n) is 6.13. The number of carbonyl (C=O) groups is 1. The monoisotopic (exact) mass is 431 g/mol. The van der Waals surface area contributed by atoms with Gasteiger partial charge in [0, 0.05) is 18.0 Å². The minimum atomic E-state index is -4.87. The van der Waals surface area contributed by atoms with E-state index in [9.17, 15) is 18.0 Å². The SMILES string of the molecule is C/C=C/CN(C(=O)C(F)(F)F)C(I)Cc1ccc(Cl)cc1. The zero-order chi connectivity index (χ0) is 16.0. The highest BCUT2D eigenvalue weighted by Crippen LogP contribution is 2.24. The molecule has 0 heterocycles. The van der Waals surface area contributed by atoms with Gasteiger partial charge in [-0.2, -0.15) is 13.2 Å². The van der Waals surface area contributed by atoms with E-state index in [1.54, 1.807) is 37.3 Å². The highest BCUT2D eigenvalue weighted by molar-refractivity contribution is 14.1. The van der Waals surface area contributed by atoms with Crippen molar-refractivity contribution >= 4 is 40.1 Å². The predicted molar refractivity (Wildman–Crippen MR) is 85.5 cm³/mol. The summed E-state index contributed by atoms with van der Waals surface area (Å²) in [6, 6.07) is 6.81. The average molecular weight is 432 g/mol. The van der Waals surface area contributed by atoms with E-state index < -0.39 is 16.1 Å². The lowest BCUT2D eigenvalue weighted by Gasteiger charge is -2.27. The summed E-state index contributed by atoms with van der Waals surface area (Å²) in [5.41, 5.74) is 0.819. The Kier molecular flexibility index (Phi) is 6.99. The Bertz CT molecular complexity index is 502. The van der Waals surface area contributed by atoms with E-state index in [1.807, 2.05) is 22.6 Å². The summed E-state index contributed by atoms with van der Waals surface area (Å²) < 4.78 is 37.3. The molecule has 0 aliphatic heterocycles. The molecule has 1 aromatic rings. The molecule has 0 spiro atoms. The summed E-state index contributed by atoms with van der Waals surface area (Å²) in [5.74, 6) is -1.83. The van der Waals surface area contributed by atoms with Crippen LogP contribution in [0.2, 0.25) is 5.02 Å². The molecule has 1 rings (SSSR count). The van der Waals surface area contributed by atoms with Crippen LogP contribution in [0.4, 0.5) is 13.2 Å². The molecule has 0 bridgehead atoms. The molecule has 0 fully saturated rings. The third kappa shape index (κ3) is 5.86. The smallest absolute Gasteiger partial charge is 0.319 e. The van der Waals surface area contributed by atoms with Crippen LogP contribution in [0.5, 0.6) is 0 Å². The molecule has 0 N–H and O–H groups in total. The number of carbonyl (C=O) groups excluding carboxylic acids is 1. The van der Waals surface area contributed by atoms with Crippen molar-refractivity contribution < 1.29 is 18.0 Å². The van der Waals surface area contributed by atoms with Crippen molar-refractivity contribution in [2.24, 2.45) is 0 Å². The van der Waals surface area contributed by atoms with Crippen LogP contribution in [-0.4, -0.2) is 27.6 Å². The number of benzene rings is 1. The van der Waals surface area contributed by atoms with Gasteiger partial charge in [0.2, 0.25) is 0 Å². The molecule has 21 heavy (non-hydrogen) atoms. The van der Waals surface area contributed by atoms with Gasteiger partial charge in [0.15, 0.2) is 0 Å². The van der Waals surface area contributed by atoms with E-state index in [0.29, 0.717) is 11.4 Å². The van der Waals surface area contributed by atoms with Crippen LogP contribution >= 0.6 is 34.2 Å². The molecule has 0 radical (unpaired) electrons. The van der Waals surface area contributed by atoms with E-state index >= 15 is 0 Å². The van der Waals surface area contributed by atoms with E-state index in [4.69, 9.17) is 11.6 Å². The molecule has 7 heteroatoms. The maximum absolute atomic E-state index is 12.6. The Hall–Kier alpha value is -0.760. The Morgan fingerprint density at radius 1 is 1.38 bits per heavy atom. The lowest BCUT2D eigenvalue weighted by molar-refractivity contribution is -0.185. The van der Waals surface area contributed by atoms with Gasteiger partial charge in [-0.1, -0.05) is 58.5 Å². The first-order chi connectivity index (χ1) is 9.75. The summed E-state index contributed by atoms with van der Waals surface area (Å²) in [4.78, 5) is 12.3. The van der Waals surface area contributed by atoms with Gasteiger partial charge in [0.25, 0.3) is 0 Å². The third-order valence-electron chi connectivity index (χ3n) is 2.70. The number of alkyl halides is 4. The number of amides is 1. The summed E-state index contributed by atoms with van der Waals surface area (Å²) in [6.07, 6.45) is -1.42. The first kappa shape index (κ1) is 18.3. The van der Waals surface area contributed by atoms with Gasteiger partial charge in [-0.15, -0.1) is 0 Å². The molecule has 2 nitrogen and oxygen atoms in total. The van der Waals surface area contributed by atoms with E-state index in [-0.39, 0.29) is 6.54 Å². The van der Waals surface area contributed by atoms with E-state index in [2.05, 4.69) is 0 Å². The average Bonchev–Trinajstić information content (AvgIpc) is 2.40. The number of nitrogens with zero attached hydrogens (tertiary/aromatic N) is 1. The van der Waals surface area contributed by atoms with Crippen LogP contribution in [-0.2, 0) is 11.2 Å². The number of rotatable bonds is 5. The zero-order valence-electron chi connectivity index (χ0n) is 11.2. The molecule has 1 atom stereocenters. The Morgan fingerprint density at radius 2 is 1.95 bits per heavy atom. The van der Waals surface area contributed by atoms with Crippen molar-refractivity contribution in [1.82, 2.24) is 4.90 Å². The molecule has 1 aromatic carbocycles. The van der Waals surface area contributed by atoms with Crippen molar-refractivity contribution in [2.75, 3.05) is 6.54 Å². The molecular formula is C14H14ClF3INO. The molecular weight excluding hydrogens is 418 g/mol. The second-order valence-electron chi connectivity index (χ2n) is 4.29.